The number of hydrogen-bond acceptors (Lipinski definition) is 4. The first-order valence-electron chi connectivity index (χ1n) is 9.00. The Labute approximate surface area is 149 Å². The van der Waals surface area contributed by atoms with Gasteiger partial charge in [0.2, 0.25) is 11.8 Å². The summed E-state index contributed by atoms with van der Waals surface area (Å²) in [6, 6.07) is 7.96. The van der Waals surface area contributed by atoms with Crippen molar-refractivity contribution in [1.82, 2.24) is 14.7 Å². The van der Waals surface area contributed by atoms with E-state index in [4.69, 9.17) is 4.74 Å². The highest BCUT2D eigenvalue weighted by Gasteiger charge is 2.32. The summed E-state index contributed by atoms with van der Waals surface area (Å²) < 4.78 is 5.24. The lowest BCUT2D eigenvalue weighted by Gasteiger charge is -2.41. The summed E-state index contributed by atoms with van der Waals surface area (Å²) in [5, 5.41) is 0. The summed E-state index contributed by atoms with van der Waals surface area (Å²) >= 11 is 0. The lowest BCUT2D eigenvalue weighted by molar-refractivity contribution is -0.135. The molecule has 0 unspecified atom stereocenters. The Balaban J connectivity index is 1.76. The number of benzene rings is 1. The van der Waals surface area contributed by atoms with Gasteiger partial charge in [-0.1, -0.05) is 12.1 Å². The molecule has 0 spiro atoms. The average Bonchev–Trinajstić information content (AvgIpc) is 3.17. The van der Waals surface area contributed by atoms with E-state index in [0.717, 1.165) is 43.8 Å². The fraction of sp³-hybridized carbons (Fsp3) is 0.579. The molecule has 2 amide bonds. The van der Waals surface area contributed by atoms with Crippen molar-refractivity contribution in [3.8, 4) is 5.75 Å². The van der Waals surface area contributed by atoms with Gasteiger partial charge in [0, 0.05) is 39.6 Å². The molecular formula is C19H27N3O3. The van der Waals surface area contributed by atoms with Crippen LogP contribution in [0.15, 0.2) is 24.3 Å². The van der Waals surface area contributed by atoms with Crippen molar-refractivity contribution < 1.29 is 14.3 Å². The Morgan fingerprint density at radius 3 is 2.32 bits per heavy atom. The molecule has 0 bridgehead atoms. The van der Waals surface area contributed by atoms with E-state index in [1.807, 2.05) is 34.1 Å². The zero-order chi connectivity index (χ0) is 17.8. The van der Waals surface area contributed by atoms with Gasteiger partial charge in [0.25, 0.3) is 0 Å². The number of ether oxygens (including phenoxy) is 1. The first-order chi connectivity index (χ1) is 12.1. The zero-order valence-electron chi connectivity index (χ0n) is 15.1. The summed E-state index contributed by atoms with van der Waals surface area (Å²) in [5.41, 5.74) is 1.11. The van der Waals surface area contributed by atoms with Crippen LogP contribution < -0.4 is 4.74 Å². The smallest absolute Gasteiger partial charge is 0.236 e. The van der Waals surface area contributed by atoms with E-state index < -0.39 is 0 Å². The third kappa shape index (κ3) is 4.12. The average molecular weight is 345 g/mol. The van der Waals surface area contributed by atoms with Crippen molar-refractivity contribution in [2.45, 2.75) is 25.8 Å². The van der Waals surface area contributed by atoms with Crippen LogP contribution in [0.25, 0.3) is 0 Å². The topological polar surface area (TPSA) is 53.1 Å². The van der Waals surface area contributed by atoms with Gasteiger partial charge in [-0.3, -0.25) is 14.5 Å². The minimum absolute atomic E-state index is 0.0371. The van der Waals surface area contributed by atoms with Gasteiger partial charge in [-0.05, 0) is 30.5 Å². The molecule has 0 aromatic heterocycles. The van der Waals surface area contributed by atoms with Crippen molar-refractivity contribution in [2.75, 3.05) is 46.4 Å². The summed E-state index contributed by atoms with van der Waals surface area (Å²) in [7, 11) is 1.65. The third-order valence-corrected chi connectivity index (χ3v) is 5.23. The molecule has 2 fully saturated rings. The second kappa shape index (κ2) is 7.87. The number of piperazine rings is 1. The Hall–Kier alpha value is -2.08. The molecular weight excluding hydrogens is 318 g/mol. The van der Waals surface area contributed by atoms with Crippen molar-refractivity contribution in [3.05, 3.63) is 29.8 Å². The van der Waals surface area contributed by atoms with E-state index >= 15 is 0 Å². The summed E-state index contributed by atoms with van der Waals surface area (Å²) in [5.74, 6) is 1.10. The minimum atomic E-state index is 0.0371. The molecule has 1 aromatic rings. The molecule has 0 radical (unpaired) electrons. The molecule has 136 valence electrons. The van der Waals surface area contributed by atoms with Gasteiger partial charge < -0.3 is 14.5 Å². The van der Waals surface area contributed by atoms with Crippen molar-refractivity contribution in [1.29, 1.82) is 0 Å². The summed E-state index contributed by atoms with van der Waals surface area (Å²) in [6.45, 7) is 5.79. The highest BCUT2D eigenvalue weighted by Crippen LogP contribution is 2.27. The maximum Gasteiger partial charge on any atom is 0.236 e. The second-order valence-electron chi connectivity index (χ2n) is 6.81. The van der Waals surface area contributed by atoms with Crippen LogP contribution in [-0.4, -0.2) is 72.9 Å². The molecule has 2 saturated heterocycles. The second-order valence-corrected chi connectivity index (χ2v) is 6.81. The highest BCUT2D eigenvalue weighted by molar-refractivity contribution is 5.78. The van der Waals surface area contributed by atoms with Crippen LogP contribution in [0.5, 0.6) is 5.75 Å². The fourth-order valence-electron chi connectivity index (χ4n) is 3.68. The molecule has 0 aliphatic carbocycles. The van der Waals surface area contributed by atoms with Crippen molar-refractivity contribution in [3.63, 3.8) is 0 Å². The molecule has 1 atom stereocenters. The molecule has 6 nitrogen and oxygen atoms in total. The number of likely N-dealkylation sites (tertiary alicyclic amines) is 1. The van der Waals surface area contributed by atoms with Gasteiger partial charge >= 0.3 is 0 Å². The maximum atomic E-state index is 12.6. The van der Waals surface area contributed by atoms with E-state index in [1.165, 1.54) is 0 Å². The van der Waals surface area contributed by atoms with E-state index in [0.29, 0.717) is 19.6 Å². The van der Waals surface area contributed by atoms with Crippen molar-refractivity contribution >= 4 is 11.8 Å². The maximum absolute atomic E-state index is 12.6. The molecule has 1 aromatic carbocycles. The van der Waals surface area contributed by atoms with E-state index in [2.05, 4.69) is 4.90 Å². The quantitative estimate of drug-likeness (QED) is 0.830. The van der Waals surface area contributed by atoms with Crippen LogP contribution >= 0.6 is 0 Å². The van der Waals surface area contributed by atoms with Gasteiger partial charge in [-0.25, -0.2) is 0 Å². The highest BCUT2D eigenvalue weighted by atomic mass is 16.5. The summed E-state index contributed by atoms with van der Waals surface area (Å²) in [6.07, 6.45) is 2.21. The number of amides is 2. The van der Waals surface area contributed by atoms with Gasteiger partial charge in [-0.2, -0.15) is 0 Å². The fourth-order valence-corrected chi connectivity index (χ4v) is 3.68. The first-order valence-corrected chi connectivity index (χ1v) is 9.00. The number of carbonyl (C=O) groups excluding carboxylic acids is 2. The monoisotopic (exact) mass is 345 g/mol. The van der Waals surface area contributed by atoms with Crippen molar-refractivity contribution in [2.24, 2.45) is 0 Å². The largest absolute Gasteiger partial charge is 0.497 e. The molecule has 6 heteroatoms. The lowest BCUT2D eigenvalue weighted by Crippen LogP contribution is -2.52. The van der Waals surface area contributed by atoms with Crippen LogP contribution in [0.1, 0.15) is 31.4 Å². The van der Waals surface area contributed by atoms with Gasteiger partial charge in [0.05, 0.1) is 19.7 Å². The number of nitrogens with zero attached hydrogens (tertiary/aromatic N) is 3. The third-order valence-electron chi connectivity index (χ3n) is 5.23. The van der Waals surface area contributed by atoms with E-state index in [9.17, 15) is 9.59 Å². The number of carbonyl (C=O) groups is 2. The Kier molecular flexibility index (Phi) is 5.58. The number of methoxy groups -OCH3 is 1. The standard InChI is InChI=1S/C19H27N3O3/c1-15(23)21-11-12-22(14-19(24)20-9-3-4-10-20)18(13-21)16-5-7-17(25-2)8-6-16/h5-8,18H,3-4,9-14H2,1-2H3/t18-/m0/s1. The molecule has 2 heterocycles. The minimum Gasteiger partial charge on any atom is -0.497 e. The van der Waals surface area contributed by atoms with Gasteiger partial charge in [0.1, 0.15) is 5.75 Å². The lowest BCUT2D eigenvalue weighted by atomic mass is 10.0. The Morgan fingerprint density at radius 1 is 1.04 bits per heavy atom. The molecule has 0 saturated carbocycles. The number of rotatable bonds is 4. The zero-order valence-corrected chi connectivity index (χ0v) is 15.1. The molecule has 25 heavy (non-hydrogen) atoms. The molecule has 2 aliphatic heterocycles. The van der Waals surface area contributed by atoms with Gasteiger partial charge in [0.15, 0.2) is 0 Å². The predicted molar refractivity (Wildman–Crippen MR) is 95.4 cm³/mol. The van der Waals surface area contributed by atoms with Crippen LogP contribution in [-0.2, 0) is 9.59 Å². The Bertz CT molecular complexity index is 611. The Morgan fingerprint density at radius 2 is 1.72 bits per heavy atom. The normalized spacial score (nSPS) is 21.4. The SMILES string of the molecule is COc1ccc([C@@H]2CN(C(C)=O)CCN2CC(=O)N2CCCC2)cc1. The van der Waals surface area contributed by atoms with E-state index in [1.54, 1.807) is 14.0 Å². The van der Waals surface area contributed by atoms with Crippen LogP contribution in [0, 0.1) is 0 Å². The van der Waals surface area contributed by atoms with Crippen LogP contribution in [0.3, 0.4) is 0 Å². The molecule has 3 rings (SSSR count). The molecule has 0 N–H and O–H groups in total. The number of hydrogen-bond donors (Lipinski definition) is 0. The predicted octanol–water partition coefficient (Wildman–Crippen LogP) is 1.52. The van der Waals surface area contributed by atoms with Crippen LogP contribution in [0.2, 0.25) is 0 Å². The summed E-state index contributed by atoms with van der Waals surface area (Å²) in [4.78, 5) is 30.5. The van der Waals surface area contributed by atoms with Crippen LogP contribution in [0.4, 0.5) is 0 Å². The van der Waals surface area contributed by atoms with E-state index in [-0.39, 0.29) is 17.9 Å². The van der Waals surface area contributed by atoms with Gasteiger partial charge in [-0.15, -0.1) is 0 Å². The first kappa shape index (κ1) is 17.7. The molecule has 2 aliphatic rings.